The lowest BCUT2D eigenvalue weighted by Gasteiger charge is -2.10. The molecule has 4 rings (SSSR count). The first-order chi connectivity index (χ1) is 14.9. The van der Waals surface area contributed by atoms with Crippen molar-refractivity contribution in [3.05, 3.63) is 65.3 Å². The van der Waals surface area contributed by atoms with Gasteiger partial charge >= 0.3 is 6.01 Å². The summed E-state index contributed by atoms with van der Waals surface area (Å²) in [4.78, 5) is 22.3. The number of nitrogens with zero attached hydrogens (tertiary/aromatic N) is 5. The molecule has 2 heterocycles. The number of nitrogen functional groups attached to an aromatic ring is 1. The molecule has 0 spiro atoms. The maximum atomic E-state index is 12.1. The van der Waals surface area contributed by atoms with E-state index in [9.17, 15) is 4.79 Å². The van der Waals surface area contributed by atoms with Crippen LogP contribution >= 0.6 is 11.6 Å². The molecule has 158 valence electrons. The van der Waals surface area contributed by atoms with Gasteiger partial charge in [-0.2, -0.15) is 0 Å². The molecule has 10 heteroatoms. The second-order valence-electron chi connectivity index (χ2n) is 6.81. The number of halogens is 1. The molecular weight excluding hydrogens is 418 g/mol. The highest BCUT2D eigenvalue weighted by molar-refractivity contribution is 6.30. The molecule has 0 aliphatic heterocycles. The standard InChI is InChI=1S/C21H18ClN7O2.H2/c1-29(2)20(30)13-8-6-12(7-9-13)16-11-24-18(23)17(26-16)19-27-28-21(31-19)25-15-5-3-4-14(22)10-15;/h3-11H,1-2H3,(H2,23,24)(H,25,28);1H. The summed E-state index contributed by atoms with van der Waals surface area (Å²) in [5.74, 6) is 0.193. The van der Waals surface area contributed by atoms with E-state index in [1.807, 2.05) is 6.07 Å². The van der Waals surface area contributed by atoms with Crippen molar-refractivity contribution >= 4 is 35.0 Å². The molecule has 0 atom stereocenters. The third-order valence-electron chi connectivity index (χ3n) is 4.34. The second-order valence-corrected chi connectivity index (χ2v) is 7.25. The van der Waals surface area contributed by atoms with Crippen molar-refractivity contribution in [2.45, 2.75) is 0 Å². The zero-order valence-electron chi connectivity index (χ0n) is 16.7. The normalized spacial score (nSPS) is 10.7. The molecule has 0 unspecified atom stereocenters. The molecule has 4 aromatic rings. The van der Waals surface area contributed by atoms with Crippen LogP contribution < -0.4 is 11.1 Å². The fraction of sp³-hybridized carbons (Fsp3) is 0.0952. The van der Waals surface area contributed by atoms with E-state index in [1.165, 1.54) is 4.90 Å². The fourth-order valence-electron chi connectivity index (χ4n) is 2.80. The summed E-state index contributed by atoms with van der Waals surface area (Å²) < 4.78 is 5.65. The lowest BCUT2D eigenvalue weighted by atomic mass is 10.1. The Morgan fingerprint density at radius 1 is 1.16 bits per heavy atom. The van der Waals surface area contributed by atoms with E-state index in [0.29, 0.717) is 22.0 Å². The molecule has 2 aromatic heterocycles. The van der Waals surface area contributed by atoms with Crippen LogP contribution in [-0.4, -0.2) is 45.1 Å². The number of carbonyl (C=O) groups is 1. The molecule has 0 bridgehead atoms. The second kappa shape index (κ2) is 8.41. The zero-order valence-corrected chi connectivity index (χ0v) is 17.5. The van der Waals surface area contributed by atoms with Gasteiger partial charge in [0.2, 0.25) is 0 Å². The van der Waals surface area contributed by atoms with Crippen LogP contribution in [0.2, 0.25) is 5.02 Å². The molecule has 0 saturated carbocycles. The molecule has 0 aliphatic rings. The Labute approximate surface area is 184 Å². The average Bonchev–Trinajstić information content (AvgIpc) is 3.22. The zero-order chi connectivity index (χ0) is 22.0. The van der Waals surface area contributed by atoms with Crippen LogP contribution in [0, 0.1) is 0 Å². The van der Waals surface area contributed by atoms with Gasteiger partial charge in [-0.3, -0.25) is 4.79 Å². The van der Waals surface area contributed by atoms with E-state index in [4.69, 9.17) is 21.8 Å². The van der Waals surface area contributed by atoms with Crippen LogP contribution in [0.3, 0.4) is 0 Å². The first-order valence-electron chi connectivity index (χ1n) is 9.22. The molecule has 0 radical (unpaired) electrons. The Morgan fingerprint density at radius 3 is 2.65 bits per heavy atom. The number of carbonyl (C=O) groups excluding carboxylic acids is 1. The molecule has 1 amide bonds. The van der Waals surface area contributed by atoms with E-state index < -0.39 is 0 Å². The maximum Gasteiger partial charge on any atom is 0.320 e. The Balaban J connectivity index is 0.00000289. The summed E-state index contributed by atoms with van der Waals surface area (Å²) in [6, 6.07) is 14.3. The van der Waals surface area contributed by atoms with E-state index in [2.05, 4.69) is 25.5 Å². The predicted octanol–water partition coefficient (Wildman–Crippen LogP) is 4.12. The monoisotopic (exact) mass is 437 g/mol. The molecular formula is C21H20ClN7O2. The van der Waals surface area contributed by atoms with Crippen molar-refractivity contribution in [2.75, 3.05) is 25.1 Å². The van der Waals surface area contributed by atoms with Gasteiger partial charge in [0.1, 0.15) is 0 Å². The van der Waals surface area contributed by atoms with Crippen LogP contribution in [0.4, 0.5) is 17.5 Å². The van der Waals surface area contributed by atoms with E-state index in [-0.39, 0.29) is 30.8 Å². The summed E-state index contributed by atoms with van der Waals surface area (Å²) in [7, 11) is 3.40. The molecule has 3 N–H and O–H groups in total. The number of benzene rings is 2. The van der Waals surface area contributed by atoms with E-state index in [0.717, 1.165) is 5.56 Å². The van der Waals surface area contributed by atoms with Crippen LogP contribution in [0.1, 0.15) is 11.8 Å². The van der Waals surface area contributed by atoms with Crippen LogP contribution in [0.15, 0.2) is 59.1 Å². The van der Waals surface area contributed by atoms with Crippen LogP contribution in [0.5, 0.6) is 0 Å². The largest absolute Gasteiger partial charge is 0.401 e. The molecule has 31 heavy (non-hydrogen) atoms. The van der Waals surface area contributed by atoms with Crippen molar-refractivity contribution in [3.63, 3.8) is 0 Å². The van der Waals surface area contributed by atoms with Gasteiger partial charge in [0.25, 0.3) is 11.8 Å². The number of nitrogens with two attached hydrogens (primary N) is 1. The minimum absolute atomic E-state index is 0. The summed E-state index contributed by atoms with van der Waals surface area (Å²) in [5, 5.41) is 11.5. The first-order valence-corrected chi connectivity index (χ1v) is 9.59. The third-order valence-corrected chi connectivity index (χ3v) is 4.57. The van der Waals surface area contributed by atoms with Crippen molar-refractivity contribution in [1.82, 2.24) is 25.1 Å². The van der Waals surface area contributed by atoms with Crippen molar-refractivity contribution in [1.29, 1.82) is 0 Å². The van der Waals surface area contributed by atoms with Gasteiger partial charge in [-0.15, -0.1) is 5.10 Å². The van der Waals surface area contributed by atoms with Gasteiger partial charge in [0.05, 0.1) is 11.9 Å². The van der Waals surface area contributed by atoms with Crippen molar-refractivity contribution < 1.29 is 10.6 Å². The van der Waals surface area contributed by atoms with E-state index >= 15 is 0 Å². The van der Waals surface area contributed by atoms with E-state index in [1.54, 1.807) is 62.8 Å². The summed E-state index contributed by atoms with van der Waals surface area (Å²) in [6.07, 6.45) is 1.54. The van der Waals surface area contributed by atoms with Gasteiger partial charge in [0, 0.05) is 37.4 Å². The molecule has 0 fully saturated rings. The van der Waals surface area contributed by atoms with Crippen molar-refractivity contribution in [2.24, 2.45) is 0 Å². The smallest absolute Gasteiger partial charge is 0.320 e. The molecule has 2 aromatic carbocycles. The van der Waals surface area contributed by atoms with Crippen LogP contribution in [-0.2, 0) is 0 Å². The number of hydrogen-bond acceptors (Lipinski definition) is 8. The van der Waals surface area contributed by atoms with Crippen LogP contribution in [0.25, 0.3) is 22.8 Å². The Hall–Kier alpha value is -3.98. The third kappa shape index (κ3) is 4.46. The molecule has 9 nitrogen and oxygen atoms in total. The number of anilines is 3. The highest BCUT2D eigenvalue weighted by atomic mass is 35.5. The Kier molecular flexibility index (Phi) is 5.50. The Morgan fingerprint density at radius 2 is 1.94 bits per heavy atom. The number of rotatable bonds is 5. The molecule has 0 saturated heterocycles. The number of amides is 1. The first kappa shape index (κ1) is 20.3. The molecule has 0 aliphatic carbocycles. The van der Waals surface area contributed by atoms with Gasteiger partial charge in [-0.05, 0) is 30.3 Å². The Bertz CT molecular complexity index is 1250. The lowest BCUT2D eigenvalue weighted by Crippen LogP contribution is -2.21. The van der Waals surface area contributed by atoms with Crippen molar-refractivity contribution in [3.8, 4) is 22.8 Å². The highest BCUT2D eigenvalue weighted by Crippen LogP contribution is 2.27. The quantitative estimate of drug-likeness (QED) is 0.477. The minimum Gasteiger partial charge on any atom is -0.401 e. The summed E-state index contributed by atoms with van der Waals surface area (Å²) >= 11 is 5.99. The van der Waals surface area contributed by atoms with Gasteiger partial charge in [-0.1, -0.05) is 34.9 Å². The van der Waals surface area contributed by atoms with Gasteiger partial charge < -0.3 is 20.4 Å². The lowest BCUT2D eigenvalue weighted by molar-refractivity contribution is 0.0827. The highest BCUT2D eigenvalue weighted by Gasteiger charge is 2.16. The summed E-state index contributed by atoms with van der Waals surface area (Å²) in [5.41, 5.74) is 8.84. The SMILES string of the molecule is CN(C)C(=O)c1ccc(-c2cnc(N)c(-c3nnc(Nc4cccc(Cl)c4)o3)n2)cc1.[HH]. The predicted molar refractivity (Wildman–Crippen MR) is 120 cm³/mol. The minimum atomic E-state index is -0.0822. The summed E-state index contributed by atoms with van der Waals surface area (Å²) in [6.45, 7) is 0. The number of hydrogen-bond donors (Lipinski definition) is 2. The number of nitrogens with one attached hydrogen (secondary N) is 1. The maximum absolute atomic E-state index is 12.1. The van der Waals surface area contributed by atoms with Gasteiger partial charge in [-0.25, -0.2) is 9.97 Å². The topological polar surface area (TPSA) is 123 Å². The fourth-order valence-corrected chi connectivity index (χ4v) is 2.99. The number of aromatic nitrogens is 4. The average molecular weight is 438 g/mol. The van der Waals surface area contributed by atoms with Gasteiger partial charge in [0.15, 0.2) is 11.5 Å².